The fourth-order valence-electron chi connectivity index (χ4n) is 2.49. The Labute approximate surface area is 149 Å². The van der Waals surface area contributed by atoms with Crippen LogP contribution in [0.2, 0.25) is 0 Å². The Morgan fingerprint density at radius 1 is 1.24 bits per heavy atom. The Morgan fingerprint density at radius 3 is 2.96 bits per heavy atom. The first kappa shape index (κ1) is 15.8. The number of ether oxygens (including phenoxy) is 2. The lowest BCUT2D eigenvalue weighted by Crippen LogP contribution is -2.14. The summed E-state index contributed by atoms with van der Waals surface area (Å²) in [4.78, 5) is 9.04. The van der Waals surface area contributed by atoms with Crippen LogP contribution < -0.4 is 4.90 Å². The molecule has 0 aliphatic carbocycles. The predicted molar refractivity (Wildman–Crippen MR) is 94.8 cm³/mol. The van der Waals surface area contributed by atoms with E-state index in [1.165, 1.54) is 0 Å². The van der Waals surface area contributed by atoms with Gasteiger partial charge in [-0.25, -0.2) is 4.98 Å². The van der Waals surface area contributed by atoms with Gasteiger partial charge in [-0.1, -0.05) is 30.3 Å². The Balaban J connectivity index is 1.45. The van der Waals surface area contributed by atoms with E-state index in [0.717, 1.165) is 27.0 Å². The Hall–Kier alpha value is -2.71. The second-order valence-corrected chi connectivity index (χ2v) is 6.69. The van der Waals surface area contributed by atoms with Crippen LogP contribution >= 0.6 is 11.3 Å². The molecular formula is C17H17N5O2S. The zero-order valence-corrected chi connectivity index (χ0v) is 14.5. The fourth-order valence-corrected chi connectivity index (χ4v) is 3.37. The molecule has 3 heterocycles. The van der Waals surface area contributed by atoms with E-state index < -0.39 is 0 Å². The van der Waals surface area contributed by atoms with Crippen LogP contribution in [-0.2, 0) is 22.6 Å². The number of methoxy groups -OCH3 is 1. The molecule has 1 aliphatic heterocycles. The third-order valence-corrected chi connectivity index (χ3v) is 4.63. The van der Waals surface area contributed by atoms with E-state index in [4.69, 9.17) is 9.47 Å². The van der Waals surface area contributed by atoms with E-state index >= 15 is 0 Å². The van der Waals surface area contributed by atoms with Crippen LogP contribution in [0.3, 0.4) is 0 Å². The topological polar surface area (TPSA) is 65.3 Å². The molecule has 0 spiro atoms. The van der Waals surface area contributed by atoms with Crippen LogP contribution in [0, 0.1) is 0 Å². The largest absolute Gasteiger partial charge is 0.471 e. The molecule has 128 valence electrons. The van der Waals surface area contributed by atoms with E-state index in [2.05, 4.69) is 15.2 Å². The van der Waals surface area contributed by atoms with Gasteiger partial charge in [0, 0.05) is 18.9 Å². The molecule has 7 nitrogen and oxygen atoms in total. The zero-order chi connectivity index (χ0) is 17.1. The third-order valence-electron chi connectivity index (χ3n) is 3.67. The number of benzene rings is 1. The lowest BCUT2D eigenvalue weighted by Gasteiger charge is -2.07. The molecule has 0 saturated heterocycles. The van der Waals surface area contributed by atoms with Crippen molar-refractivity contribution in [2.45, 2.75) is 13.2 Å². The van der Waals surface area contributed by atoms with Crippen molar-refractivity contribution in [3.63, 3.8) is 0 Å². The maximum absolute atomic E-state index is 5.75. The molecule has 0 amide bonds. The molecule has 3 aromatic rings. The molecule has 0 saturated carbocycles. The standard InChI is InChI=1S/C17H17N5O2S/c1-23-11-14-7-18-17(25-14)10-22-19-8-16(20-22)21-9-15(24-12-21)13-5-3-2-4-6-13/h2-9H,10-12H2,1H3. The summed E-state index contributed by atoms with van der Waals surface area (Å²) in [5.74, 6) is 1.58. The van der Waals surface area contributed by atoms with Crippen LogP contribution in [0.25, 0.3) is 5.76 Å². The number of aromatic nitrogens is 4. The predicted octanol–water partition coefficient (Wildman–Crippen LogP) is 2.72. The van der Waals surface area contributed by atoms with Gasteiger partial charge in [-0.05, 0) is 0 Å². The van der Waals surface area contributed by atoms with E-state index in [1.54, 1.807) is 29.4 Å². The highest BCUT2D eigenvalue weighted by molar-refractivity contribution is 7.11. The molecule has 0 bridgehead atoms. The molecule has 1 aromatic carbocycles. The van der Waals surface area contributed by atoms with E-state index in [0.29, 0.717) is 19.9 Å². The lowest BCUT2D eigenvalue weighted by atomic mass is 10.2. The SMILES string of the molecule is COCc1cnc(Cn2ncc(N3C=C(c4ccccc4)OC3)n2)s1. The van der Waals surface area contributed by atoms with Crippen molar-refractivity contribution in [1.82, 2.24) is 20.0 Å². The number of anilines is 1. The highest BCUT2D eigenvalue weighted by Crippen LogP contribution is 2.25. The quantitative estimate of drug-likeness (QED) is 0.677. The minimum absolute atomic E-state index is 0.429. The smallest absolute Gasteiger partial charge is 0.177 e. The molecule has 4 rings (SSSR count). The monoisotopic (exact) mass is 355 g/mol. The number of hydrogen-bond donors (Lipinski definition) is 0. The summed E-state index contributed by atoms with van der Waals surface area (Å²) >= 11 is 1.60. The molecule has 25 heavy (non-hydrogen) atoms. The van der Waals surface area contributed by atoms with Crippen molar-refractivity contribution in [3.8, 4) is 0 Å². The van der Waals surface area contributed by atoms with Crippen LogP contribution in [0.4, 0.5) is 5.82 Å². The summed E-state index contributed by atoms with van der Waals surface area (Å²) in [5, 5.41) is 9.79. The first-order valence-corrected chi connectivity index (χ1v) is 8.63. The van der Waals surface area contributed by atoms with E-state index in [1.807, 2.05) is 47.6 Å². The number of thiazole rings is 1. The molecule has 2 aromatic heterocycles. The summed E-state index contributed by atoms with van der Waals surface area (Å²) in [6, 6.07) is 10.0. The van der Waals surface area contributed by atoms with Crippen LogP contribution in [0.1, 0.15) is 15.4 Å². The average molecular weight is 355 g/mol. The van der Waals surface area contributed by atoms with Gasteiger partial charge in [0.25, 0.3) is 0 Å². The van der Waals surface area contributed by atoms with Gasteiger partial charge in [0.2, 0.25) is 0 Å². The van der Waals surface area contributed by atoms with Gasteiger partial charge in [-0.2, -0.15) is 9.90 Å². The molecule has 0 unspecified atom stereocenters. The number of nitrogens with zero attached hydrogens (tertiary/aromatic N) is 5. The maximum atomic E-state index is 5.75. The normalized spacial score (nSPS) is 13.8. The second kappa shape index (κ2) is 7.04. The van der Waals surface area contributed by atoms with Gasteiger partial charge in [0.15, 0.2) is 12.5 Å². The van der Waals surface area contributed by atoms with Crippen molar-refractivity contribution in [2.75, 3.05) is 18.7 Å². The van der Waals surface area contributed by atoms with Crippen molar-refractivity contribution in [3.05, 3.63) is 64.4 Å². The van der Waals surface area contributed by atoms with Gasteiger partial charge < -0.3 is 9.47 Å². The second-order valence-electron chi connectivity index (χ2n) is 5.49. The van der Waals surface area contributed by atoms with Gasteiger partial charge in [0.05, 0.1) is 23.9 Å². The van der Waals surface area contributed by atoms with Gasteiger partial charge in [-0.3, -0.25) is 4.90 Å². The third kappa shape index (κ3) is 3.54. The molecule has 1 aliphatic rings. The first-order valence-electron chi connectivity index (χ1n) is 7.81. The lowest BCUT2D eigenvalue weighted by molar-refractivity contribution is 0.187. The minimum atomic E-state index is 0.429. The first-order chi connectivity index (χ1) is 12.3. The molecule has 0 N–H and O–H groups in total. The van der Waals surface area contributed by atoms with Gasteiger partial charge in [-0.15, -0.1) is 16.4 Å². The maximum Gasteiger partial charge on any atom is 0.177 e. The molecule has 8 heteroatoms. The van der Waals surface area contributed by atoms with Crippen LogP contribution in [-0.4, -0.2) is 33.8 Å². The van der Waals surface area contributed by atoms with Gasteiger partial charge >= 0.3 is 0 Å². The summed E-state index contributed by atoms with van der Waals surface area (Å²) in [6.45, 7) is 1.55. The van der Waals surface area contributed by atoms with Gasteiger partial charge in [0.1, 0.15) is 17.3 Å². The van der Waals surface area contributed by atoms with Crippen molar-refractivity contribution >= 4 is 22.9 Å². The van der Waals surface area contributed by atoms with E-state index in [9.17, 15) is 0 Å². The Morgan fingerprint density at radius 2 is 2.12 bits per heavy atom. The Bertz CT molecular complexity index is 874. The summed E-state index contributed by atoms with van der Waals surface area (Å²) in [5.41, 5.74) is 1.05. The molecule has 0 fully saturated rings. The van der Waals surface area contributed by atoms with E-state index in [-0.39, 0.29) is 0 Å². The molecular weight excluding hydrogens is 338 g/mol. The average Bonchev–Trinajstić information content (AvgIpc) is 3.37. The molecule has 0 atom stereocenters. The summed E-state index contributed by atoms with van der Waals surface area (Å²) in [6.07, 6.45) is 5.51. The fraction of sp³-hybridized carbons (Fsp3) is 0.235. The number of hydrogen-bond acceptors (Lipinski definition) is 7. The highest BCUT2D eigenvalue weighted by Gasteiger charge is 2.19. The highest BCUT2D eigenvalue weighted by atomic mass is 32.1. The molecule has 0 radical (unpaired) electrons. The summed E-state index contributed by atoms with van der Waals surface area (Å²) in [7, 11) is 1.68. The Kier molecular flexibility index (Phi) is 4.45. The zero-order valence-electron chi connectivity index (χ0n) is 13.7. The van der Waals surface area contributed by atoms with Crippen molar-refractivity contribution in [1.29, 1.82) is 0 Å². The summed E-state index contributed by atoms with van der Waals surface area (Å²) < 4.78 is 10.9. The van der Waals surface area contributed by atoms with Crippen LogP contribution in [0.5, 0.6) is 0 Å². The van der Waals surface area contributed by atoms with Crippen molar-refractivity contribution < 1.29 is 9.47 Å². The minimum Gasteiger partial charge on any atom is -0.471 e. The van der Waals surface area contributed by atoms with Crippen LogP contribution in [0.15, 0.2) is 48.9 Å². The van der Waals surface area contributed by atoms with Crippen molar-refractivity contribution in [2.24, 2.45) is 0 Å². The number of rotatable bonds is 6.